The minimum Gasteiger partial charge on any atom is -0.480 e. The Morgan fingerprint density at radius 1 is 1.16 bits per heavy atom. The normalized spacial score (nSPS) is 22.7. The van der Waals surface area contributed by atoms with Gasteiger partial charge in [-0.1, -0.05) is 37.0 Å². The van der Waals surface area contributed by atoms with E-state index >= 15 is 0 Å². The summed E-state index contributed by atoms with van der Waals surface area (Å²) >= 11 is 0. The van der Waals surface area contributed by atoms with Crippen LogP contribution in [-0.4, -0.2) is 35.0 Å². The number of aliphatic carboxylic acids is 1. The number of rotatable bonds is 4. The summed E-state index contributed by atoms with van der Waals surface area (Å²) in [6.07, 6.45) is 3.62. The average Bonchev–Trinajstić information content (AvgIpc) is 2.98. The molecule has 2 fully saturated rings. The number of nitrogens with one attached hydrogen (secondary N) is 1. The molecule has 1 aromatic carbocycles. The molecule has 1 atom stereocenters. The lowest BCUT2D eigenvalue weighted by Crippen LogP contribution is -2.57. The molecule has 1 aliphatic carbocycles. The molecule has 0 unspecified atom stereocenters. The topological polar surface area (TPSA) is 86.7 Å². The molecule has 2 amide bonds. The zero-order valence-corrected chi connectivity index (χ0v) is 14.5. The lowest BCUT2D eigenvalue weighted by atomic mass is 9.81. The van der Waals surface area contributed by atoms with E-state index in [1.165, 1.54) is 0 Å². The summed E-state index contributed by atoms with van der Waals surface area (Å²) in [5, 5.41) is 12.4. The molecule has 1 aliphatic heterocycles. The molecule has 2 aliphatic rings. The molecule has 1 saturated heterocycles. The number of hydrogen-bond acceptors (Lipinski definition) is 3. The van der Waals surface area contributed by atoms with Gasteiger partial charge in [-0.15, -0.1) is 0 Å². The van der Waals surface area contributed by atoms with Crippen molar-refractivity contribution in [3.63, 3.8) is 0 Å². The molecule has 0 bridgehead atoms. The van der Waals surface area contributed by atoms with Gasteiger partial charge in [0.05, 0.1) is 5.92 Å². The summed E-state index contributed by atoms with van der Waals surface area (Å²) in [6, 6.07) is 7.59. The lowest BCUT2D eigenvalue weighted by molar-refractivity contribution is -0.149. The minimum absolute atomic E-state index is 0.1000. The van der Waals surface area contributed by atoms with Crippen molar-refractivity contribution in [2.45, 2.75) is 51.0 Å². The molecule has 0 radical (unpaired) electrons. The van der Waals surface area contributed by atoms with Gasteiger partial charge in [0.1, 0.15) is 5.54 Å². The van der Waals surface area contributed by atoms with Crippen molar-refractivity contribution in [1.82, 2.24) is 5.32 Å². The maximum atomic E-state index is 12.6. The van der Waals surface area contributed by atoms with E-state index in [9.17, 15) is 19.5 Å². The first kappa shape index (κ1) is 17.5. The van der Waals surface area contributed by atoms with E-state index in [4.69, 9.17) is 0 Å². The fourth-order valence-electron chi connectivity index (χ4n) is 3.74. The summed E-state index contributed by atoms with van der Waals surface area (Å²) in [7, 11) is 0. The number of nitrogens with zero attached hydrogens (tertiary/aromatic N) is 1. The average molecular weight is 344 g/mol. The minimum atomic E-state index is -1.17. The third kappa shape index (κ3) is 3.52. The third-order valence-corrected chi connectivity index (χ3v) is 5.32. The van der Waals surface area contributed by atoms with Crippen molar-refractivity contribution in [2.24, 2.45) is 5.92 Å². The molecule has 2 N–H and O–H groups in total. The quantitative estimate of drug-likeness (QED) is 0.877. The smallest absolute Gasteiger partial charge is 0.329 e. The van der Waals surface area contributed by atoms with Crippen molar-refractivity contribution < 1.29 is 19.5 Å². The van der Waals surface area contributed by atoms with E-state index in [1.54, 1.807) is 4.90 Å². The zero-order chi connectivity index (χ0) is 18.0. The second-order valence-electron chi connectivity index (χ2n) is 7.18. The van der Waals surface area contributed by atoms with Crippen LogP contribution in [0.1, 0.15) is 44.1 Å². The maximum Gasteiger partial charge on any atom is 0.329 e. The fraction of sp³-hybridized carbons (Fsp3) is 0.526. The number of amides is 2. The van der Waals surface area contributed by atoms with Crippen molar-refractivity contribution in [1.29, 1.82) is 0 Å². The molecule has 0 spiro atoms. The molecular formula is C19H24N2O4. The van der Waals surface area contributed by atoms with Gasteiger partial charge < -0.3 is 15.3 Å². The van der Waals surface area contributed by atoms with Crippen LogP contribution in [0.3, 0.4) is 0 Å². The van der Waals surface area contributed by atoms with Crippen LogP contribution in [0.4, 0.5) is 5.69 Å². The summed E-state index contributed by atoms with van der Waals surface area (Å²) in [5.41, 5.74) is 0.706. The second kappa shape index (κ2) is 6.86. The van der Waals surface area contributed by atoms with Crippen LogP contribution in [0.5, 0.6) is 0 Å². The number of hydrogen-bond donors (Lipinski definition) is 2. The molecule has 1 heterocycles. The highest BCUT2D eigenvalue weighted by Crippen LogP contribution is 2.31. The molecule has 6 heteroatoms. The van der Waals surface area contributed by atoms with Crippen LogP contribution in [0, 0.1) is 12.8 Å². The Kier molecular flexibility index (Phi) is 4.79. The monoisotopic (exact) mass is 344 g/mol. The Labute approximate surface area is 147 Å². The Morgan fingerprint density at radius 2 is 1.80 bits per heavy atom. The summed E-state index contributed by atoms with van der Waals surface area (Å²) in [4.78, 5) is 38.3. The van der Waals surface area contributed by atoms with Gasteiger partial charge in [-0.05, 0) is 31.9 Å². The Bertz CT molecular complexity index is 677. The van der Waals surface area contributed by atoms with Crippen LogP contribution in [0.25, 0.3) is 0 Å². The van der Waals surface area contributed by atoms with Crippen molar-refractivity contribution in [3.05, 3.63) is 29.8 Å². The number of carbonyl (C=O) groups is 3. The molecule has 0 aromatic heterocycles. The second-order valence-corrected chi connectivity index (χ2v) is 7.18. The maximum absolute atomic E-state index is 12.6. The van der Waals surface area contributed by atoms with Crippen molar-refractivity contribution in [2.75, 3.05) is 11.4 Å². The third-order valence-electron chi connectivity index (χ3n) is 5.32. The Balaban J connectivity index is 1.70. The van der Waals surface area contributed by atoms with E-state index in [1.807, 2.05) is 31.2 Å². The summed E-state index contributed by atoms with van der Waals surface area (Å²) < 4.78 is 0. The van der Waals surface area contributed by atoms with Crippen LogP contribution in [0.15, 0.2) is 24.3 Å². The van der Waals surface area contributed by atoms with Gasteiger partial charge in [0.25, 0.3) is 0 Å². The number of carboxylic acid groups (broad SMARTS) is 1. The summed E-state index contributed by atoms with van der Waals surface area (Å²) in [6.45, 7) is 2.27. The summed E-state index contributed by atoms with van der Waals surface area (Å²) in [5.74, 6) is -1.91. The molecule has 6 nitrogen and oxygen atoms in total. The number of carbonyl (C=O) groups excluding carboxylic acids is 2. The van der Waals surface area contributed by atoms with Crippen molar-refractivity contribution >= 4 is 23.5 Å². The van der Waals surface area contributed by atoms with Gasteiger partial charge in [-0.3, -0.25) is 9.59 Å². The highest BCUT2D eigenvalue weighted by Gasteiger charge is 2.44. The fourth-order valence-corrected chi connectivity index (χ4v) is 3.74. The molecule has 1 aromatic rings. The van der Waals surface area contributed by atoms with Crippen LogP contribution >= 0.6 is 0 Å². The predicted molar refractivity (Wildman–Crippen MR) is 93.2 cm³/mol. The van der Waals surface area contributed by atoms with Gasteiger partial charge in [-0.25, -0.2) is 4.79 Å². The molecular weight excluding hydrogens is 320 g/mol. The van der Waals surface area contributed by atoms with E-state index in [0.717, 1.165) is 30.5 Å². The van der Waals surface area contributed by atoms with Crippen molar-refractivity contribution in [3.8, 4) is 0 Å². The van der Waals surface area contributed by atoms with Gasteiger partial charge in [-0.2, -0.15) is 0 Å². The number of benzene rings is 1. The lowest BCUT2D eigenvalue weighted by Gasteiger charge is -2.34. The molecule has 25 heavy (non-hydrogen) atoms. The largest absolute Gasteiger partial charge is 0.480 e. The number of aryl methyl sites for hydroxylation is 1. The van der Waals surface area contributed by atoms with E-state index in [0.29, 0.717) is 19.4 Å². The predicted octanol–water partition coefficient (Wildman–Crippen LogP) is 2.25. The van der Waals surface area contributed by atoms with Crippen LogP contribution in [-0.2, 0) is 14.4 Å². The highest BCUT2D eigenvalue weighted by molar-refractivity contribution is 6.01. The molecule has 3 rings (SSSR count). The highest BCUT2D eigenvalue weighted by atomic mass is 16.4. The Hall–Kier alpha value is -2.37. The van der Waals surface area contributed by atoms with E-state index in [2.05, 4.69) is 5.32 Å². The van der Waals surface area contributed by atoms with Crippen LogP contribution in [0.2, 0.25) is 0 Å². The van der Waals surface area contributed by atoms with Gasteiger partial charge >= 0.3 is 5.97 Å². The van der Waals surface area contributed by atoms with E-state index < -0.39 is 17.4 Å². The first-order valence-electron chi connectivity index (χ1n) is 8.84. The first-order chi connectivity index (χ1) is 11.9. The van der Waals surface area contributed by atoms with Gasteiger partial charge in [0, 0.05) is 18.7 Å². The van der Waals surface area contributed by atoms with E-state index in [-0.39, 0.29) is 18.2 Å². The SMILES string of the molecule is Cc1ccc(N2C[C@H](C(=O)NC3(C(=O)O)CCCCC3)CC2=O)cc1. The zero-order valence-electron chi connectivity index (χ0n) is 14.5. The molecule has 134 valence electrons. The standard InChI is InChI=1S/C19H24N2O4/c1-13-5-7-15(8-6-13)21-12-14(11-16(21)22)17(23)20-19(18(24)25)9-3-2-4-10-19/h5-8,14H,2-4,9-12H2,1H3,(H,20,23)(H,24,25)/t14-/m1/s1. The van der Waals surface area contributed by atoms with Gasteiger partial charge in [0.15, 0.2) is 0 Å². The van der Waals surface area contributed by atoms with Crippen LogP contribution < -0.4 is 10.2 Å². The number of carboxylic acids is 1. The number of anilines is 1. The Morgan fingerprint density at radius 3 is 2.40 bits per heavy atom. The van der Waals surface area contributed by atoms with Gasteiger partial charge in [0.2, 0.25) is 11.8 Å². The molecule has 1 saturated carbocycles. The first-order valence-corrected chi connectivity index (χ1v) is 8.84.